The van der Waals surface area contributed by atoms with Gasteiger partial charge in [-0.2, -0.15) is 0 Å². The van der Waals surface area contributed by atoms with Crippen molar-refractivity contribution in [1.29, 1.82) is 0 Å². The Morgan fingerprint density at radius 2 is 1.94 bits per heavy atom. The molecule has 0 amide bonds. The highest BCUT2D eigenvalue weighted by Gasteiger charge is 2.24. The van der Waals surface area contributed by atoms with Gasteiger partial charge in [0.15, 0.2) is 0 Å². The van der Waals surface area contributed by atoms with E-state index < -0.39 is 0 Å². The van der Waals surface area contributed by atoms with Crippen molar-refractivity contribution in [3.05, 3.63) is 0 Å². The minimum absolute atomic E-state index is 0.782. The first-order valence-electron chi connectivity index (χ1n) is 7.84. The molecule has 1 aliphatic rings. The molecule has 17 heavy (non-hydrogen) atoms. The van der Waals surface area contributed by atoms with Gasteiger partial charge in [0.25, 0.3) is 0 Å². The van der Waals surface area contributed by atoms with Crippen molar-refractivity contribution >= 4 is 0 Å². The fourth-order valence-corrected chi connectivity index (χ4v) is 3.18. The Balaban J connectivity index is 2.15. The van der Waals surface area contributed by atoms with Crippen LogP contribution in [0.2, 0.25) is 0 Å². The lowest BCUT2D eigenvalue weighted by Gasteiger charge is -2.32. The summed E-state index contributed by atoms with van der Waals surface area (Å²) in [6.07, 6.45) is 8.73. The van der Waals surface area contributed by atoms with Gasteiger partial charge >= 0.3 is 0 Å². The number of nitrogens with one attached hydrogen (secondary N) is 1. The van der Waals surface area contributed by atoms with E-state index in [2.05, 4.69) is 33.0 Å². The van der Waals surface area contributed by atoms with E-state index in [0.717, 1.165) is 23.7 Å². The standard InChI is InChI=1S/C16H33N/c1-5-15-7-6-8-16(11-15)14(4)9-10-17-12-13(2)3/h13-17H,5-12H2,1-4H3. The third-order valence-corrected chi connectivity index (χ3v) is 4.53. The number of rotatable bonds is 7. The molecule has 0 aliphatic heterocycles. The normalized spacial score (nSPS) is 27.4. The SMILES string of the molecule is CCC1CCCC(C(C)CCNCC(C)C)C1. The van der Waals surface area contributed by atoms with Crippen molar-refractivity contribution in [2.75, 3.05) is 13.1 Å². The average molecular weight is 239 g/mol. The highest BCUT2D eigenvalue weighted by Crippen LogP contribution is 2.36. The van der Waals surface area contributed by atoms with Crippen molar-refractivity contribution in [1.82, 2.24) is 5.32 Å². The van der Waals surface area contributed by atoms with Gasteiger partial charge in [-0.05, 0) is 49.6 Å². The minimum atomic E-state index is 0.782. The zero-order chi connectivity index (χ0) is 12.7. The number of hydrogen-bond donors (Lipinski definition) is 1. The quantitative estimate of drug-likeness (QED) is 0.646. The lowest BCUT2D eigenvalue weighted by atomic mass is 9.74. The van der Waals surface area contributed by atoms with Crippen LogP contribution in [0.15, 0.2) is 0 Å². The molecule has 1 fully saturated rings. The van der Waals surface area contributed by atoms with Gasteiger partial charge in [-0.1, -0.05) is 53.4 Å². The second-order valence-corrected chi connectivity index (χ2v) is 6.56. The van der Waals surface area contributed by atoms with Crippen LogP contribution in [0.4, 0.5) is 0 Å². The van der Waals surface area contributed by atoms with Crippen LogP contribution in [0.25, 0.3) is 0 Å². The first-order valence-corrected chi connectivity index (χ1v) is 7.84. The van der Waals surface area contributed by atoms with Crippen LogP contribution < -0.4 is 5.32 Å². The molecule has 102 valence electrons. The van der Waals surface area contributed by atoms with Gasteiger partial charge < -0.3 is 5.32 Å². The molecule has 0 aromatic rings. The molecule has 3 unspecified atom stereocenters. The predicted octanol–water partition coefficient (Wildman–Crippen LogP) is 4.47. The molecule has 0 bridgehead atoms. The van der Waals surface area contributed by atoms with Gasteiger partial charge in [0.2, 0.25) is 0 Å². The summed E-state index contributed by atoms with van der Waals surface area (Å²) in [5.41, 5.74) is 0. The average Bonchev–Trinajstić information content (AvgIpc) is 2.34. The Labute approximate surface area is 109 Å². The lowest BCUT2D eigenvalue weighted by molar-refractivity contribution is 0.193. The van der Waals surface area contributed by atoms with E-state index in [9.17, 15) is 0 Å². The fraction of sp³-hybridized carbons (Fsp3) is 1.00. The second kappa shape index (κ2) is 8.13. The monoisotopic (exact) mass is 239 g/mol. The molecule has 0 aromatic heterocycles. The van der Waals surface area contributed by atoms with Gasteiger partial charge in [0.05, 0.1) is 0 Å². The van der Waals surface area contributed by atoms with E-state index in [4.69, 9.17) is 0 Å². The summed E-state index contributed by atoms with van der Waals surface area (Å²) < 4.78 is 0. The van der Waals surface area contributed by atoms with Crippen molar-refractivity contribution in [2.24, 2.45) is 23.7 Å². The van der Waals surface area contributed by atoms with Crippen molar-refractivity contribution in [3.63, 3.8) is 0 Å². The first-order chi connectivity index (χ1) is 8.13. The van der Waals surface area contributed by atoms with E-state index in [0.29, 0.717) is 0 Å². The topological polar surface area (TPSA) is 12.0 Å². The number of hydrogen-bond acceptors (Lipinski definition) is 1. The van der Waals surface area contributed by atoms with Crippen molar-refractivity contribution in [2.45, 2.75) is 66.2 Å². The Bertz CT molecular complexity index is 188. The molecule has 1 nitrogen and oxygen atoms in total. The molecule has 1 saturated carbocycles. The van der Waals surface area contributed by atoms with Gasteiger partial charge in [-0.25, -0.2) is 0 Å². The molecular weight excluding hydrogens is 206 g/mol. The lowest BCUT2D eigenvalue weighted by Crippen LogP contribution is -2.26. The largest absolute Gasteiger partial charge is 0.316 e. The summed E-state index contributed by atoms with van der Waals surface area (Å²) in [7, 11) is 0. The van der Waals surface area contributed by atoms with Gasteiger partial charge in [-0.15, -0.1) is 0 Å². The van der Waals surface area contributed by atoms with Crippen LogP contribution in [0.1, 0.15) is 66.2 Å². The predicted molar refractivity (Wildman–Crippen MR) is 77.2 cm³/mol. The van der Waals surface area contributed by atoms with Crippen LogP contribution in [-0.2, 0) is 0 Å². The van der Waals surface area contributed by atoms with E-state index in [1.54, 1.807) is 0 Å². The minimum Gasteiger partial charge on any atom is -0.316 e. The summed E-state index contributed by atoms with van der Waals surface area (Å²) in [5.74, 6) is 3.74. The molecule has 1 N–H and O–H groups in total. The molecule has 1 heteroatoms. The van der Waals surface area contributed by atoms with Crippen LogP contribution in [0, 0.1) is 23.7 Å². The van der Waals surface area contributed by atoms with Crippen LogP contribution >= 0.6 is 0 Å². The Morgan fingerprint density at radius 3 is 2.59 bits per heavy atom. The van der Waals surface area contributed by atoms with Crippen LogP contribution in [0.3, 0.4) is 0 Å². The maximum absolute atomic E-state index is 3.58. The Hall–Kier alpha value is -0.0400. The second-order valence-electron chi connectivity index (χ2n) is 6.56. The van der Waals surface area contributed by atoms with Crippen molar-refractivity contribution in [3.8, 4) is 0 Å². The van der Waals surface area contributed by atoms with Gasteiger partial charge in [-0.3, -0.25) is 0 Å². The summed E-state index contributed by atoms with van der Waals surface area (Å²) in [5, 5.41) is 3.58. The van der Waals surface area contributed by atoms with E-state index in [-0.39, 0.29) is 0 Å². The Morgan fingerprint density at radius 1 is 1.18 bits per heavy atom. The van der Waals surface area contributed by atoms with Crippen molar-refractivity contribution < 1.29 is 0 Å². The molecular formula is C16H33N. The molecule has 0 saturated heterocycles. The molecule has 0 aromatic carbocycles. The smallest absolute Gasteiger partial charge is 0.00258 e. The van der Waals surface area contributed by atoms with E-state index in [1.807, 2.05) is 0 Å². The molecule has 3 atom stereocenters. The van der Waals surface area contributed by atoms with Crippen LogP contribution in [0.5, 0.6) is 0 Å². The molecule has 0 spiro atoms. The molecule has 0 radical (unpaired) electrons. The van der Waals surface area contributed by atoms with E-state index >= 15 is 0 Å². The molecule has 1 rings (SSSR count). The first kappa shape index (κ1) is 15.0. The maximum Gasteiger partial charge on any atom is -0.00258 e. The third-order valence-electron chi connectivity index (χ3n) is 4.53. The fourth-order valence-electron chi connectivity index (χ4n) is 3.18. The third kappa shape index (κ3) is 5.90. The molecule has 1 aliphatic carbocycles. The molecule has 0 heterocycles. The van der Waals surface area contributed by atoms with E-state index in [1.165, 1.54) is 51.6 Å². The summed E-state index contributed by atoms with van der Waals surface area (Å²) >= 11 is 0. The summed E-state index contributed by atoms with van der Waals surface area (Å²) in [6, 6.07) is 0. The summed E-state index contributed by atoms with van der Waals surface area (Å²) in [6.45, 7) is 11.8. The Kier molecular flexibility index (Phi) is 7.18. The highest BCUT2D eigenvalue weighted by atomic mass is 14.8. The van der Waals surface area contributed by atoms with Crippen LogP contribution in [-0.4, -0.2) is 13.1 Å². The van der Waals surface area contributed by atoms with Gasteiger partial charge in [0.1, 0.15) is 0 Å². The maximum atomic E-state index is 3.58. The van der Waals surface area contributed by atoms with Gasteiger partial charge in [0, 0.05) is 0 Å². The zero-order valence-corrected chi connectivity index (χ0v) is 12.5. The summed E-state index contributed by atoms with van der Waals surface area (Å²) in [4.78, 5) is 0. The zero-order valence-electron chi connectivity index (χ0n) is 12.5. The highest BCUT2D eigenvalue weighted by molar-refractivity contribution is 4.76.